The molecule has 0 spiro atoms. The number of anilines is 2. The molecule has 0 fully saturated rings. The zero-order chi connectivity index (χ0) is 14.7. The number of hydrogen-bond acceptors (Lipinski definition) is 3. The van der Waals surface area contributed by atoms with Crippen LogP contribution in [-0.2, 0) is 6.54 Å². The number of nitrogens with one attached hydrogen (secondary N) is 1. The molecular formula is C15H16Cl2N2O. The average molecular weight is 311 g/mol. The lowest BCUT2D eigenvalue weighted by Gasteiger charge is -2.20. The molecule has 0 saturated carbocycles. The molecule has 3 nitrogen and oxygen atoms in total. The Morgan fingerprint density at radius 1 is 1.10 bits per heavy atom. The van der Waals surface area contributed by atoms with Crippen molar-refractivity contribution in [2.75, 3.05) is 24.3 Å². The largest absolute Gasteiger partial charge is 0.506 e. The van der Waals surface area contributed by atoms with Gasteiger partial charge in [-0.15, -0.1) is 0 Å². The van der Waals surface area contributed by atoms with E-state index in [-0.39, 0.29) is 5.75 Å². The third-order valence-electron chi connectivity index (χ3n) is 2.93. The van der Waals surface area contributed by atoms with Crippen LogP contribution in [0.5, 0.6) is 5.75 Å². The summed E-state index contributed by atoms with van der Waals surface area (Å²) < 4.78 is 0. The van der Waals surface area contributed by atoms with Gasteiger partial charge in [0.15, 0.2) is 0 Å². The molecule has 0 saturated heterocycles. The SMILES string of the molecule is CN(C)c1c(Cl)cccc1NCc1ccc(O)c(Cl)c1. The Labute approximate surface area is 128 Å². The van der Waals surface area contributed by atoms with Crippen LogP contribution in [0.2, 0.25) is 10.0 Å². The highest BCUT2D eigenvalue weighted by atomic mass is 35.5. The molecule has 106 valence electrons. The van der Waals surface area contributed by atoms with Crippen LogP contribution in [0.25, 0.3) is 0 Å². The molecule has 0 atom stereocenters. The van der Waals surface area contributed by atoms with Gasteiger partial charge in [0.1, 0.15) is 5.75 Å². The molecule has 0 aromatic heterocycles. The second-order valence-corrected chi connectivity index (χ2v) is 5.48. The molecule has 0 aliphatic carbocycles. The first-order valence-electron chi connectivity index (χ1n) is 6.16. The average Bonchev–Trinajstić information content (AvgIpc) is 2.39. The van der Waals surface area contributed by atoms with Crippen LogP contribution in [-0.4, -0.2) is 19.2 Å². The Bertz CT molecular complexity index is 615. The Balaban J connectivity index is 2.18. The fourth-order valence-electron chi connectivity index (χ4n) is 1.97. The minimum atomic E-state index is 0.0900. The standard InChI is InChI=1S/C15H16Cl2N2O/c1-19(2)15-11(16)4-3-5-13(15)18-9-10-6-7-14(20)12(17)8-10/h3-8,18,20H,9H2,1-2H3. The van der Waals surface area contributed by atoms with Gasteiger partial charge in [-0.3, -0.25) is 0 Å². The number of hydrogen-bond donors (Lipinski definition) is 2. The van der Waals surface area contributed by atoms with Crippen molar-refractivity contribution in [1.29, 1.82) is 0 Å². The summed E-state index contributed by atoms with van der Waals surface area (Å²) in [5, 5.41) is 13.8. The van der Waals surface area contributed by atoms with E-state index < -0.39 is 0 Å². The Kier molecular flexibility index (Phi) is 4.63. The number of phenolic OH excluding ortho intramolecular Hbond substituents is 1. The number of nitrogens with zero attached hydrogens (tertiary/aromatic N) is 1. The highest BCUT2D eigenvalue weighted by Crippen LogP contribution is 2.33. The maximum Gasteiger partial charge on any atom is 0.134 e. The number of benzene rings is 2. The smallest absolute Gasteiger partial charge is 0.134 e. The molecule has 2 N–H and O–H groups in total. The summed E-state index contributed by atoms with van der Waals surface area (Å²) in [6.07, 6.45) is 0. The summed E-state index contributed by atoms with van der Waals surface area (Å²) in [6, 6.07) is 10.9. The highest BCUT2D eigenvalue weighted by molar-refractivity contribution is 6.34. The minimum absolute atomic E-state index is 0.0900. The van der Waals surface area contributed by atoms with Gasteiger partial charge >= 0.3 is 0 Å². The lowest BCUT2D eigenvalue weighted by atomic mass is 10.2. The van der Waals surface area contributed by atoms with Gasteiger partial charge in [0.05, 0.1) is 21.4 Å². The predicted molar refractivity (Wildman–Crippen MR) is 86.2 cm³/mol. The topological polar surface area (TPSA) is 35.5 Å². The number of aromatic hydroxyl groups is 1. The van der Waals surface area contributed by atoms with E-state index in [0.29, 0.717) is 16.6 Å². The van der Waals surface area contributed by atoms with Gasteiger partial charge in [-0.05, 0) is 29.8 Å². The fourth-order valence-corrected chi connectivity index (χ4v) is 2.52. The molecule has 0 radical (unpaired) electrons. The molecule has 0 amide bonds. The summed E-state index contributed by atoms with van der Waals surface area (Å²) >= 11 is 12.1. The van der Waals surface area contributed by atoms with Gasteiger partial charge in [-0.25, -0.2) is 0 Å². The summed E-state index contributed by atoms with van der Waals surface area (Å²) in [6.45, 7) is 0.598. The van der Waals surface area contributed by atoms with E-state index in [9.17, 15) is 5.11 Å². The van der Waals surface area contributed by atoms with Crippen molar-refractivity contribution in [3.63, 3.8) is 0 Å². The monoisotopic (exact) mass is 310 g/mol. The number of halogens is 2. The second-order valence-electron chi connectivity index (χ2n) is 4.67. The fraction of sp³-hybridized carbons (Fsp3) is 0.200. The van der Waals surface area contributed by atoms with Gasteiger partial charge in [-0.1, -0.05) is 35.3 Å². The first-order valence-corrected chi connectivity index (χ1v) is 6.91. The molecule has 2 aromatic carbocycles. The summed E-state index contributed by atoms with van der Waals surface area (Å²) in [4.78, 5) is 1.97. The minimum Gasteiger partial charge on any atom is -0.506 e. The number of phenols is 1. The van der Waals surface area contributed by atoms with Crippen molar-refractivity contribution in [2.45, 2.75) is 6.54 Å². The van der Waals surface area contributed by atoms with E-state index in [1.807, 2.05) is 43.3 Å². The van der Waals surface area contributed by atoms with Crippen LogP contribution in [0.4, 0.5) is 11.4 Å². The van der Waals surface area contributed by atoms with Crippen LogP contribution in [0, 0.1) is 0 Å². The van der Waals surface area contributed by atoms with Crippen molar-refractivity contribution in [3.8, 4) is 5.75 Å². The summed E-state index contributed by atoms with van der Waals surface area (Å²) in [5.74, 6) is 0.0900. The van der Waals surface area contributed by atoms with Crippen LogP contribution in [0.15, 0.2) is 36.4 Å². The molecule has 0 bridgehead atoms. The molecular weight excluding hydrogens is 295 g/mol. The molecule has 2 aromatic rings. The maximum atomic E-state index is 9.41. The van der Waals surface area contributed by atoms with Gasteiger partial charge in [-0.2, -0.15) is 0 Å². The summed E-state index contributed by atoms with van der Waals surface area (Å²) in [5.41, 5.74) is 2.88. The molecule has 5 heteroatoms. The van der Waals surface area contributed by atoms with E-state index in [4.69, 9.17) is 23.2 Å². The molecule has 0 aliphatic rings. The third kappa shape index (κ3) is 3.30. The van der Waals surface area contributed by atoms with E-state index in [1.165, 1.54) is 0 Å². The van der Waals surface area contributed by atoms with Crippen molar-refractivity contribution in [2.24, 2.45) is 0 Å². The van der Waals surface area contributed by atoms with Crippen LogP contribution in [0.3, 0.4) is 0 Å². The predicted octanol–water partition coefficient (Wildman–Crippen LogP) is 4.38. The molecule has 0 heterocycles. The molecule has 20 heavy (non-hydrogen) atoms. The maximum absolute atomic E-state index is 9.41. The van der Waals surface area contributed by atoms with Crippen LogP contribution < -0.4 is 10.2 Å². The zero-order valence-corrected chi connectivity index (χ0v) is 12.8. The zero-order valence-electron chi connectivity index (χ0n) is 11.3. The van der Waals surface area contributed by atoms with Crippen LogP contribution in [0.1, 0.15) is 5.56 Å². The Hall–Kier alpha value is -1.58. The van der Waals surface area contributed by atoms with E-state index in [0.717, 1.165) is 16.9 Å². The first kappa shape index (κ1) is 14.8. The van der Waals surface area contributed by atoms with E-state index in [2.05, 4.69) is 5.32 Å². The third-order valence-corrected chi connectivity index (χ3v) is 3.54. The lowest BCUT2D eigenvalue weighted by Crippen LogP contribution is -2.12. The Morgan fingerprint density at radius 3 is 2.50 bits per heavy atom. The van der Waals surface area contributed by atoms with Gasteiger partial charge < -0.3 is 15.3 Å². The van der Waals surface area contributed by atoms with E-state index >= 15 is 0 Å². The number of para-hydroxylation sites is 1. The van der Waals surface area contributed by atoms with Gasteiger partial charge in [0, 0.05) is 20.6 Å². The second kappa shape index (κ2) is 6.25. The van der Waals surface area contributed by atoms with Crippen molar-refractivity contribution in [1.82, 2.24) is 0 Å². The molecule has 0 unspecified atom stereocenters. The van der Waals surface area contributed by atoms with Crippen LogP contribution >= 0.6 is 23.2 Å². The molecule has 0 aliphatic heterocycles. The highest BCUT2D eigenvalue weighted by Gasteiger charge is 2.09. The number of rotatable bonds is 4. The lowest BCUT2D eigenvalue weighted by molar-refractivity contribution is 0.475. The molecule has 2 rings (SSSR count). The summed E-state index contributed by atoms with van der Waals surface area (Å²) in [7, 11) is 3.90. The van der Waals surface area contributed by atoms with Crippen molar-refractivity contribution in [3.05, 3.63) is 52.0 Å². The van der Waals surface area contributed by atoms with Gasteiger partial charge in [0.2, 0.25) is 0 Å². The first-order chi connectivity index (χ1) is 9.49. The Morgan fingerprint density at radius 2 is 1.85 bits per heavy atom. The van der Waals surface area contributed by atoms with Crippen molar-refractivity contribution < 1.29 is 5.11 Å². The quantitative estimate of drug-likeness (QED) is 0.880. The van der Waals surface area contributed by atoms with E-state index in [1.54, 1.807) is 12.1 Å². The van der Waals surface area contributed by atoms with Gasteiger partial charge in [0.25, 0.3) is 0 Å². The normalized spacial score (nSPS) is 10.4. The van der Waals surface area contributed by atoms with Crippen molar-refractivity contribution >= 4 is 34.6 Å².